The average Bonchev–Trinajstić information content (AvgIpc) is 2.90. The van der Waals surface area contributed by atoms with Gasteiger partial charge in [0.1, 0.15) is 5.84 Å². The van der Waals surface area contributed by atoms with Gasteiger partial charge in [-0.05, 0) is 12.1 Å². The number of hydrogen-bond acceptors (Lipinski definition) is 5. The number of amidine groups is 1. The van der Waals surface area contributed by atoms with E-state index in [-0.39, 0.29) is 6.61 Å². The van der Waals surface area contributed by atoms with Gasteiger partial charge in [-0.15, -0.1) is 11.8 Å². The van der Waals surface area contributed by atoms with Gasteiger partial charge in [0.05, 0.1) is 19.3 Å². The molecular formula is C12H16N2O2S. The van der Waals surface area contributed by atoms with Crippen molar-refractivity contribution < 1.29 is 10.2 Å². The van der Waals surface area contributed by atoms with Crippen LogP contribution in [-0.4, -0.2) is 47.6 Å². The highest BCUT2D eigenvalue weighted by Gasteiger charge is 2.08. The highest BCUT2D eigenvalue weighted by atomic mass is 32.2. The standard InChI is InChI=1S/C12H16N2O2S/c15-7-10(16)8-17-11-3-1-9(2-4-11)12-13-5-6-14-12/h1-4,10,15-16H,5-8H2,(H,13,14). The van der Waals surface area contributed by atoms with Gasteiger partial charge in [-0.1, -0.05) is 12.1 Å². The zero-order valence-corrected chi connectivity index (χ0v) is 10.3. The van der Waals surface area contributed by atoms with E-state index in [1.54, 1.807) is 0 Å². The van der Waals surface area contributed by atoms with E-state index in [4.69, 9.17) is 5.11 Å². The number of nitrogens with zero attached hydrogens (tertiary/aromatic N) is 1. The molecule has 0 saturated heterocycles. The van der Waals surface area contributed by atoms with Crippen LogP contribution in [0.1, 0.15) is 5.56 Å². The molecule has 17 heavy (non-hydrogen) atoms. The zero-order valence-electron chi connectivity index (χ0n) is 9.47. The lowest BCUT2D eigenvalue weighted by molar-refractivity contribution is 0.113. The van der Waals surface area contributed by atoms with Gasteiger partial charge in [-0.2, -0.15) is 0 Å². The van der Waals surface area contributed by atoms with Gasteiger partial charge < -0.3 is 15.5 Å². The summed E-state index contributed by atoms with van der Waals surface area (Å²) in [5.41, 5.74) is 1.09. The largest absolute Gasteiger partial charge is 0.394 e. The summed E-state index contributed by atoms with van der Waals surface area (Å²) >= 11 is 1.53. The molecule has 1 unspecified atom stereocenters. The predicted octanol–water partition coefficient (Wildman–Crippen LogP) is 0.482. The Labute approximate surface area is 105 Å². The Hall–Kier alpha value is -1.04. The number of hydrogen-bond donors (Lipinski definition) is 3. The van der Waals surface area contributed by atoms with Crippen LogP contribution in [0.4, 0.5) is 0 Å². The molecule has 1 aromatic carbocycles. The molecule has 4 nitrogen and oxygen atoms in total. The Bertz CT molecular complexity index is 392. The third-order valence-corrected chi connectivity index (χ3v) is 3.61. The molecule has 0 amide bonds. The number of aliphatic hydroxyl groups excluding tert-OH is 2. The molecule has 0 aliphatic carbocycles. The predicted molar refractivity (Wildman–Crippen MR) is 69.7 cm³/mol. The average molecular weight is 252 g/mol. The molecule has 1 atom stereocenters. The van der Waals surface area contributed by atoms with Crippen LogP contribution >= 0.6 is 11.8 Å². The lowest BCUT2D eigenvalue weighted by Gasteiger charge is -2.07. The minimum atomic E-state index is -0.652. The number of nitrogens with one attached hydrogen (secondary N) is 1. The molecule has 3 N–H and O–H groups in total. The molecule has 2 rings (SSSR count). The molecule has 0 fully saturated rings. The maximum absolute atomic E-state index is 9.25. The quantitative estimate of drug-likeness (QED) is 0.667. The molecule has 1 aliphatic rings. The van der Waals surface area contributed by atoms with Gasteiger partial charge >= 0.3 is 0 Å². The van der Waals surface area contributed by atoms with Crippen molar-refractivity contribution in [2.24, 2.45) is 4.99 Å². The minimum Gasteiger partial charge on any atom is -0.394 e. The van der Waals surface area contributed by atoms with Crippen molar-refractivity contribution in [2.45, 2.75) is 11.0 Å². The first kappa shape index (κ1) is 12.4. The van der Waals surface area contributed by atoms with E-state index in [2.05, 4.69) is 10.3 Å². The summed E-state index contributed by atoms with van der Waals surface area (Å²) in [4.78, 5) is 5.43. The minimum absolute atomic E-state index is 0.189. The smallest absolute Gasteiger partial charge is 0.128 e. The van der Waals surface area contributed by atoms with Gasteiger partial charge in [0.25, 0.3) is 0 Å². The van der Waals surface area contributed by atoms with Crippen molar-refractivity contribution in [1.82, 2.24) is 5.32 Å². The Morgan fingerprint density at radius 1 is 1.35 bits per heavy atom. The van der Waals surface area contributed by atoms with Crippen LogP contribution in [0.25, 0.3) is 0 Å². The van der Waals surface area contributed by atoms with E-state index in [0.29, 0.717) is 5.75 Å². The number of thioether (sulfide) groups is 1. The highest BCUT2D eigenvalue weighted by Crippen LogP contribution is 2.19. The van der Waals surface area contributed by atoms with Gasteiger partial charge in [-0.25, -0.2) is 0 Å². The molecule has 92 valence electrons. The number of aliphatic imine (C=N–C) groups is 1. The first-order valence-electron chi connectivity index (χ1n) is 5.60. The summed E-state index contributed by atoms with van der Waals surface area (Å²) in [7, 11) is 0. The van der Waals surface area contributed by atoms with Gasteiger partial charge in [0.15, 0.2) is 0 Å². The van der Waals surface area contributed by atoms with Crippen LogP contribution in [0, 0.1) is 0 Å². The summed E-state index contributed by atoms with van der Waals surface area (Å²) in [5.74, 6) is 1.46. The lowest BCUT2D eigenvalue weighted by atomic mass is 10.2. The third kappa shape index (κ3) is 3.46. The van der Waals surface area contributed by atoms with Gasteiger partial charge in [0, 0.05) is 22.8 Å². The fraction of sp³-hybridized carbons (Fsp3) is 0.417. The maximum Gasteiger partial charge on any atom is 0.128 e. The molecule has 0 radical (unpaired) electrons. The molecule has 1 aromatic rings. The molecule has 1 aliphatic heterocycles. The summed E-state index contributed by atoms with van der Waals surface area (Å²) in [6.07, 6.45) is -0.652. The Balaban J connectivity index is 1.93. The van der Waals surface area contributed by atoms with Crippen molar-refractivity contribution in [3.8, 4) is 0 Å². The number of aliphatic hydroxyl groups is 2. The molecule has 0 bridgehead atoms. The van der Waals surface area contributed by atoms with Crippen LogP contribution in [0.2, 0.25) is 0 Å². The normalized spacial score (nSPS) is 16.5. The second kappa shape index (κ2) is 6.05. The summed E-state index contributed by atoms with van der Waals surface area (Å²) in [6, 6.07) is 8.05. The van der Waals surface area contributed by atoms with E-state index >= 15 is 0 Å². The fourth-order valence-electron chi connectivity index (χ4n) is 1.55. The Morgan fingerprint density at radius 2 is 2.12 bits per heavy atom. The summed E-state index contributed by atoms with van der Waals surface area (Å²) < 4.78 is 0. The summed E-state index contributed by atoms with van der Waals surface area (Å²) in [6.45, 7) is 1.56. The number of rotatable bonds is 5. The van der Waals surface area contributed by atoms with Gasteiger partial charge in [-0.3, -0.25) is 4.99 Å². The van der Waals surface area contributed by atoms with Crippen molar-refractivity contribution >= 4 is 17.6 Å². The van der Waals surface area contributed by atoms with Crippen molar-refractivity contribution in [3.63, 3.8) is 0 Å². The summed E-state index contributed by atoms with van der Waals surface area (Å²) in [5, 5.41) is 21.2. The fourth-order valence-corrected chi connectivity index (χ4v) is 2.36. The molecule has 0 aromatic heterocycles. The monoisotopic (exact) mass is 252 g/mol. The Morgan fingerprint density at radius 3 is 2.71 bits per heavy atom. The molecule has 0 saturated carbocycles. The van der Waals surface area contributed by atoms with Crippen LogP contribution < -0.4 is 5.32 Å². The van der Waals surface area contributed by atoms with E-state index < -0.39 is 6.10 Å². The highest BCUT2D eigenvalue weighted by molar-refractivity contribution is 7.99. The second-order valence-corrected chi connectivity index (χ2v) is 4.92. The lowest BCUT2D eigenvalue weighted by Crippen LogP contribution is -2.19. The Kier molecular flexibility index (Phi) is 4.42. The SMILES string of the molecule is OCC(O)CSc1ccc(C2=NCCN2)cc1. The van der Waals surface area contributed by atoms with E-state index in [1.807, 2.05) is 24.3 Å². The van der Waals surface area contributed by atoms with E-state index in [9.17, 15) is 5.11 Å². The number of benzene rings is 1. The van der Waals surface area contributed by atoms with Crippen molar-refractivity contribution in [3.05, 3.63) is 29.8 Å². The van der Waals surface area contributed by atoms with Crippen molar-refractivity contribution in [1.29, 1.82) is 0 Å². The first-order valence-corrected chi connectivity index (χ1v) is 6.58. The second-order valence-electron chi connectivity index (χ2n) is 3.83. The van der Waals surface area contributed by atoms with Crippen LogP contribution in [0.3, 0.4) is 0 Å². The van der Waals surface area contributed by atoms with E-state index in [0.717, 1.165) is 29.4 Å². The first-order chi connectivity index (χ1) is 8.29. The molecule has 1 heterocycles. The van der Waals surface area contributed by atoms with E-state index in [1.165, 1.54) is 11.8 Å². The molecular weight excluding hydrogens is 236 g/mol. The molecule has 0 spiro atoms. The van der Waals surface area contributed by atoms with Crippen LogP contribution in [-0.2, 0) is 0 Å². The van der Waals surface area contributed by atoms with Crippen LogP contribution in [0.15, 0.2) is 34.2 Å². The maximum atomic E-state index is 9.25. The van der Waals surface area contributed by atoms with Crippen molar-refractivity contribution in [2.75, 3.05) is 25.4 Å². The zero-order chi connectivity index (χ0) is 12.1. The van der Waals surface area contributed by atoms with Crippen LogP contribution in [0.5, 0.6) is 0 Å². The van der Waals surface area contributed by atoms with Gasteiger partial charge in [0.2, 0.25) is 0 Å². The third-order valence-electron chi connectivity index (χ3n) is 2.46. The topological polar surface area (TPSA) is 64.8 Å². The molecule has 5 heteroatoms.